The highest BCUT2D eigenvalue weighted by molar-refractivity contribution is 6.18. The molecule has 0 radical (unpaired) electrons. The van der Waals surface area contributed by atoms with Gasteiger partial charge in [-0.2, -0.15) is 0 Å². The Labute approximate surface area is 107 Å². The van der Waals surface area contributed by atoms with E-state index in [-0.39, 0.29) is 17.9 Å². The highest BCUT2D eigenvalue weighted by Crippen LogP contribution is 2.43. The summed E-state index contributed by atoms with van der Waals surface area (Å²) in [7, 11) is 2.75. The van der Waals surface area contributed by atoms with Crippen LogP contribution in [0.15, 0.2) is 0 Å². The first kappa shape index (κ1) is 14.3. The molecule has 0 N–H and O–H groups in total. The fourth-order valence-corrected chi connectivity index (χ4v) is 3.00. The van der Waals surface area contributed by atoms with Crippen molar-refractivity contribution in [2.75, 3.05) is 20.1 Å². The van der Waals surface area contributed by atoms with Gasteiger partial charge in [-0.15, -0.1) is 11.6 Å². The van der Waals surface area contributed by atoms with Crippen LogP contribution in [-0.2, 0) is 19.1 Å². The number of hydrogen-bond donors (Lipinski definition) is 0. The standard InChI is InChI=1S/C12H19ClO4/c1-16-10(14)9-4-3-5-12(8-9,6-7-13)11(15)17-2/h9H,3-8H2,1-2H3. The molecule has 2 atom stereocenters. The number of halogens is 1. The van der Waals surface area contributed by atoms with Crippen molar-refractivity contribution in [2.24, 2.45) is 11.3 Å². The largest absolute Gasteiger partial charge is 0.469 e. The summed E-state index contributed by atoms with van der Waals surface area (Å²) in [6.07, 6.45) is 3.37. The van der Waals surface area contributed by atoms with Crippen molar-refractivity contribution in [1.82, 2.24) is 0 Å². The lowest BCUT2D eigenvalue weighted by atomic mass is 9.68. The summed E-state index contributed by atoms with van der Waals surface area (Å²) in [5.74, 6) is -0.321. The molecule has 1 aliphatic carbocycles. The molecule has 0 bridgehead atoms. The number of esters is 2. The lowest BCUT2D eigenvalue weighted by molar-refractivity contribution is -0.160. The molecule has 1 aliphatic rings. The maximum absolute atomic E-state index is 11.9. The molecule has 4 nitrogen and oxygen atoms in total. The minimum atomic E-state index is -0.604. The van der Waals surface area contributed by atoms with E-state index in [9.17, 15) is 9.59 Å². The van der Waals surface area contributed by atoms with Gasteiger partial charge in [0.15, 0.2) is 0 Å². The fourth-order valence-electron chi connectivity index (χ4n) is 2.64. The predicted octanol–water partition coefficient (Wildman–Crippen LogP) is 2.14. The Morgan fingerprint density at radius 1 is 1.35 bits per heavy atom. The summed E-state index contributed by atoms with van der Waals surface area (Å²) in [6.45, 7) is 0. The molecule has 0 aromatic heterocycles. The van der Waals surface area contributed by atoms with Gasteiger partial charge in [-0.3, -0.25) is 9.59 Å². The second-order valence-electron chi connectivity index (χ2n) is 4.53. The van der Waals surface area contributed by atoms with Gasteiger partial charge in [-0.25, -0.2) is 0 Å². The van der Waals surface area contributed by atoms with Crippen LogP contribution in [0.2, 0.25) is 0 Å². The molecule has 5 heteroatoms. The van der Waals surface area contributed by atoms with E-state index in [1.807, 2.05) is 0 Å². The molecule has 2 unspecified atom stereocenters. The SMILES string of the molecule is COC(=O)C1CCCC(CCCl)(C(=O)OC)C1. The van der Waals surface area contributed by atoms with Crippen molar-refractivity contribution in [3.8, 4) is 0 Å². The molecule has 0 heterocycles. The van der Waals surface area contributed by atoms with Crippen LogP contribution in [0.4, 0.5) is 0 Å². The van der Waals surface area contributed by atoms with Crippen LogP contribution in [0.25, 0.3) is 0 Å². The summed E-state index contributed by atoms with van der Waals surface area (Å²) in [5, 5.41) is 0. The maximum atomic E-state index is 11.9. The lowest BCUT2D eigenvalue weighted by Gasteiger charge is -2.37. The minimum absolute atomic E-state index is 0.212. The molecule has 98 valence electrons. The predicted molar refractivity (Wildman–Crippen MR) is 63.8 cm³/mol. The monoisotopic (exact) mass is 262 g/mol. The Bertz CT molecular complexity index is 288. The molecular formula is C12H19ClO4. The van der Waals surface area contributed by atoms with Gasteiger partial charge in [0.05, 0.1) is 25.6 Å². The summed E-state index contributed by atoms with van der Waals surface area (Å²) in [4.78, 5) is 23.5. The third-order valence-corrected chi connectivity index (χ3v) is 3.76. The smallest absolute Gasteiger partial charge is 0.311 e. The molecule has 1 saturated carbocycles. The Hall–Kier alpha value is -0.770. The molecule has 0 aromatic carbocycles. The molecule has 0 saturated heterocycles. The van der Waals surface area contributed by atoms with Crippen molar-refractivity contribution in [2.45, 2.75) is 32.1 Å². The van der Waals surface area contributed by atoms with Gasteiger partial charge in [0.25, 0.3) is 0 Å². The Balaban J connectivity index is 2.83. The molecule has 17 heavy (non-hydrogen) atoms. The minimum Gasteiger partial charge on any atom is -0.469 e. The van der Waals surface area contributed by atoms with E-state index in [0.29, 0.717) is 18.7 Å². The number of carbonyl (C=O) groups excluding carboxylic acids is 2. The van der Waals surface area contributed by atoms with Crippen LogP contribution in [0, 0.1) is 11.3 Å². The maximum Gasteiger partial charge on any atom is 0.311 e. The van der Waals surface area contributed by atoms with Gasteiger partial charge in [0.2, 0.25) is 0 Å². The number of carbonyl (C=O) groups is 2. The summed E-state index contributed by atoms with van der Waals surface area (Å²) >= 11 is 5.76. The van der Waals surface area contributed by atoms with Gasteiger partial charge < -0.3 is 9.47 Å². The summed E-state index contributed by atoms with van der Waals surface area (Å²) in [5.41, 5.74) is -0.604. The summed E-state index contributed by atoms with van der Waals surface area (Å²) in [6, 6.07) is 0. The number of alkyl halides is 1. The van der Waals surface area contributed by atoms with Crippen LogP contribution in [-0.4, -0.2) is 32.0 Å². The van der Waals surface area contributed by atoms with Crippen LogP contribution >= 0.6 is 11.6 Å². The van der Waals surface area contributed by atoms with E-state index in [4.69, 9.17) is 21.1 Å². The third-order valence-electron chi connectivity index (χ3n) is 3.57. The zero-order valence-electron chi connectivity index (χ0n) is 10.3. The van der Waals surface area contributed by atoms with E-state index in [2.05, 4.69) is 0 Å². The first-order valence-corrected chi connectivity index (χ1v) is 6.35. The molecule has 1 fully saturated rings. The van der Waals surface area contributed by atoms with Gasteiger partial charge in [0, 0.05) is 5.88 Å². The average molecular weight is 263 g/mol. The Morgan fingerprint density at radius 3 is 2.59 bits per heavy atom. The van der Waals surface area contributed by atoms with Gasteiger partial charge in [0.1, 0.15) is 0 Å². The van der Waals surface area contributed by atoms with Crippen molar-refractivity contribution >= 4 is 23.5 Å². The van der Waals surface area contributed by atoms with Crippen LogP contribution < -0.4 is 0 Å². The Morgan fingerprint density at radius 2 is 2.06 bits per heavy atom. The fraction of sp³-hybridized carbons (Fsp3) is 0.833. The molecule has 0 aliphatic heterocycles. The molecule has 0 aromatic rings. The van der Waals surface area contributed by atoms with Crippen molar-refractivity contribution in [3.05, 3.63) is 0 Å². The molecule has 0 spiro atoms. The number of rotatable bonds is 4. The second-order valence-corrected chi connectivity index (χ2v) is 4.91. The molecule has 0 amide bonds. The van der Waals surface area contributed by atoms with E-state index in [1.165, 1.54) is 14.2 Å². The van der Waals surface area contributed by atoms with E-state index in [0.717, 1.165) is 19.3 Å². The Kier molecular flexibility index (Phi) is 5.25. The number of methoxy groups -OCH3 is 2. The van der Waals surface area contributed by atoms with Gasteiger partial charge in [-0.1, -0.05) is 6.42 Å². The highest BCUT2D eigenvalue weighted by atomic mass is 35.5. The molecular weight excluding hydrogens is 244 g/mol. The van der Waals surface area contributed by atoms with Gasteiger partial charge in [-0.05, 0) is 25.7 Å². The van der Waals surface area contributed by atoms with Crippen molar-refractivity contribution < 1.29 is 19.1 Å². The quantitative estimate of drug-likeness (QED) is 0.575. The first-order valence-electron chi connectivity index (χ1n) is 5.82. The van der Waals surface area contributed by atoms with Crippen LogP contribution in [0.5, 0.6) is 0 Å². The number of ether oxygens (including phenoxy) is 2. The van der Waals surface area contributed by atoms with Crippen LogP contribution in [0.1, 0.15) is 32.1 Å². The average Bonchev–Trinajstić information content (AvgIpc) is 2.37. The summed E-state index contributed by atoms with van der Waals surface area (Å²) < 4.78 is 9.61. The zero-order chi connectivity index (χ0) is 12.9. The van der Waals surface area contributed by atoms with E-state index >= 15 is 0 Å². The van der Waals surface area contributed by atoms with E-state index < -0.39 is 5.41 Å². The van der Waals surface area contributed by atoms with Crippen molar-refractivity contribution in [1.29, 1.82) is 0 Å². The zero-order valence-corrected chi connectivity index (χ0v) is 11.1. The highest BCUT2D eigenvalue weighted by Gasteiger charge is 2.45. The normalized spacial score (nSPS) is 28.5. The molecule has 1 rings (SSSR count). The third kappa shape index (κ3) is 3.12. The topological polar surface area (TPSA) is 52.6 Å². The number of hydrogen-bond acceptors (Lipinski definition) is 4. The van der Waals surface area contributed by atoms with Crippen LogP contribution in [0.3, 0.4) is 0 Å². The second kappa shape index (κ2) is 6.24. The first-order chi connectivity index (χ1) is 8.09. The van der Waals surface area contributed by atoms with Gasteiger partial charge >= 0.3 is 11.9 Å². The lowest BCUT2D eigenvalue weighted by Crippen LogP contribution is -2.40. The van der Waals surface area contributed by atoms with Crippen molar-refractivity contribution in [3.63, 3.8) is 0 Å². The van der Waals surface area contributed by atoms with E-state index in [1.54, 1.807) is 0 Å².